The quantitative estimate of drug-likeness (QED) is 0.881. The highest BCUT2D eigenvalue weighted by Crippen LogP contribution is 2.32. The molecule has 0 saturated carbocycles. The number of hydrogen-bond donors (Lipinski definition) is 1. The summed E-state index contributed by atoms with van der Waals surface area (Å²) in [5, 5.41) is 12.1. The van der Waals surface area contributed by atoms with Crippen LogP contribution in [0.25, 0.3) is 5.52 Å². The van der Waals surface area contributed by atoms with E-state index in [0.29, 0.717) is 4.52 Å². The lowest BCUT2D eigenvalue weighted by Gasteiger charge is -2.09. The molecule has 0 unspecified atom stereocenters. The number of hydrogen-bond acceptors (Lipinski definition) is 2. The summed E-state index contributed by atoms with van der Waals surface area (Å²) in [5.41, 5.74) is -1.41. The molecule has 0 radical (unpaired) electrons. The topological polar surface area (TPSA) is 54.6 Å². The lowest BCUT2D eigenvalue weighted by molar-refractivity contribution is -0.142. The first-order chi connectivity index (χ1) is 7.79. The first kappa shape index (κ1) is 11.9. The third kappa shape index (κ3) is 2.12. The molecule has 0 atom stereocenters. The number of alkyl halides is 3. The minimum absolute atomic E-state index is 0.0594. The number of carboxylic acids is 1. The van der Waals surface area contributed by atoms with Gasteiger partial charge in [0.15, 0.2) is 5.69 Å². The molecule has 0 fully saturated rings. The number of aromatic nitrogens is 2. The third-order valence-corrected chi connectivity index (χ3v) is 2.49. The van der Waals surface area contributed by atoms with Crippen LogP contribution in [-0.4, -0.2) is 20.7 Å². The fourth-order valence-electron chi connectivity index (χ4n) is 1.37. The van der Waals surface area contributed by atoms with Gasteiger partial charge in [0.25, 0.3) is 0 Å². The molecule has 0 aliphatic rings. The molecular formula is C9H4BrF3N2O2. The van der Waals surface area contributed by atoms with Gasteiger partial charge in [-0.05, 0) is 18.2 Å². The molecule has 2 heterocycles. The van der Waals surface area contributed by atoms with Crippen molar-refractivity contribution >= 4 is 27.4 Å². The summed E-state index contributed by atoms with van der Waals surface area (Å²) < 4.78 is 38.8. The zero-order chi connectivity index (χ0) is 12.8. The molecule has 4 nitrogen and oxygen atoms in total. The van der Waals surface area contributed by atoms with Gasteiger partial charge in [-0.3, -0.25) is 0 Å². The third-order valence-electron chi connectivity index (χ3n) is 2.04. The van der Waals surface area contributed by atoms with Gasteiger partial charge in [0.2, 0.25) is 0 Å². The highest BCUT2D eigenvalue weighted by Gasteiger charge is 2.34. The van der Waals surface area contributed by atoms with E-state index in [2.05, 4.69) is 21.0 Å². The Kier molecular flexibility index (Phi) is 2.61. The van der Waals surface area contributed by atoms with Gasteiger partial charge in [0, 0.05) is 4.47 Å². The van der Waals surface area contributed by atoms with Crippen LogP contribution < -0.4 is 0 Å². The Balaban J connectivity index is 2.79. The number of fused-ring (bicyclic) bond motifs is 1. The van der Waals surface area contributed by atoms with E-state index in [1.807, 2.05) is 0 Å². The fourth-order valence-corrected chi connectivity index (χ4v) is 1.82. The van der Waals surface area contributed by atoms with Crippen LogP contribution in [0, 0.1) is 0 Å². The Labute approximate surface area is 101 Å². The number of aromatic carboxylic acids is 1. The maximum absolute atomic E-state index is 12.7. The Morgan fingerprint density at radius 2 is 2.00 bits per heavy atom. The standard InChI is InChI=1S/C9H4BrF3N2O2/c10-4-1-5-3-6(8(16)17)14-15(5)7(2-4)9(11,12)13/h1-3H,(H,16,17). The molecule has 2 aromatic rings. The van der Waals surface area contributed by atoms with E-state index in [1.165, 1.54) is 6.07 Å². The molecule has 0 amide bonds. The van der Waals surface area contributed by atoms with Gasteiger partial charge in [-0.2, -0.15) is 18.3 Å². The van der Waals surface area contributed by atoms with Gasteiger partial charge >= 0.3 is 12.1 Å². The van der Waals surface area contributed by atoms with Crippen LogP contribution in [-0.2, 0) is 6.18 Å². The van der Waals surface area contributed by atoms with Crippen LogP contribution >= 0.6 is 15.9 Å². The lowest BCUT2D eigenvalue weighted by Crippen LogP contribution is -2.12. The molecule has 90 valence electrons. The van der Waals surface area contributed by atoms with Crippen LogP contribution in [0.3, 0.4) is 0 Å². The van der Waals surface area contributed by atoms with Gasteiger partial charge in [-0.1, -0.05) is 15.9 Å². The van der Waals surface area contributed by atoms with Crippen molar-refractivity contribution in [3.05, 3.63) is 34.1 Å². The second-order valence-corrected chi connectivity index (χ2v) is 4.14. The van der Waals surface area contributed by atoms with Crippen LogP contribution in [0.1, 0.15) is 16.2 Å². The van der Waals surface area contributed by atoms with E-state index < -0.39 is 23.5 Å². The molecule has 0 aromatic carbocycles. The predicted octanol–water partition coefficient (Wildman–Crippen LogP) is 2.81. The summed E-state index contributed by atoms with van der Waals surface area (Å²) in [6.07, 6.45) is -4.61. The number of rotatable bonds is 1. The minimum atomic E-state index is -4.61. The van der Waals surface area contributed by atoms with Crippen molar-refractivity contribution in [2.75, 3.05) is 0 Å². The number of halogens is 4. The number of carboxylic acid groups (broad SMARTS) is 1. The normalized spacial score (nSPS) is 12.0. The molecule has 1 N–H and O–H groups in total. The largest absolute Gasteiger partial charge is 0.476 e. The maximum atomic E-state index is 12.7. The first-order valence-corrected chi connectivity index (χ1v) is 5.08. The summed E-state index contributed by atoms with van der Waals surface area (Å²) in [7, 11) is 0. The smallest absolute Gasteiger partial charge is 0.433 e. The van der Waals surface area contributed by atoms with Gasteiger partial charge in [-0.25, -0.2) is 9.31 Å². The van der Waals surface area contributed by atoms with Gasteiger partial charge < -0.3 is 5.11 Å². The highest BCUT2D eigenvalue weighted by atomic mass is 79.9. The van der Waals surface area contributed by atoms with Crippen LogP contribution in [0.15, 0.2) is 22.7 Å². The number of pyridine rings is 1. The second kappa shape index (κ2) is 3.73. The Morgan fingerprint density at radius 1 is 1.35 bits per heavy atom. The average molecular weight is 309 g/mol. The molecule has 0 saturated heterocycles. The van der Waals surface area contributed by atoms with E-state index in [0.717, 1.165) is 12.1 Å². The Bertz CT molecular complexity index is 606. The van der Waals surface area contributed by atoms with Crippen molar-refractivity contribution < 1.29 is 23.1 Å². The molecular weight excluding hydrogens is 305 g/mol. The second-order valence-electron chi connectivity index (χ2n) is 3.23. The van der Waals surface area contributed by atoms with Crippen molar-refractivity contribution in [2.24, 2.45) is 0 Å². The molecule has 0 spiro atoms. The SMILES string of the molecule is O=C(O)c1cc2cc(Br)cc(C(F)(F)F)n2n1. The van der Waals surface area contributed by atoms with Crippen molar-refractivity contribution in [1.82, 2.24) is 9.61 Å². The van der Waals surface area contributed by atoms with E-state index in [9.17, 15) is 18.0 Å². The van der Waals surface area contributed by atoms with Crippen molar-refractivity contribution in [2.45, 2.75) is 6.18 Å². The molecule has 2 rings (SSSR count). The van der Waals surface area contributed by atoms with Crippen molar-refractivity contribution in [1.29, 1.82) is 0 Å². The summed E-state index contributed by atoms with van der Waals surface area (Å²) in [5.74, 6) is -1.38. The van der Waals surface area contributed by atoms with Gasteiger partial charge in [-0.15, -0.1) is 0 Å². The summed E-state index contributed by atoms with van der Waals surface area (Å²) in [6.45, 7) is 0. The molecule has 0 bridgehead atoms. The number of carbonyl (C=O) groups is 1. The van der Waals surface area contributed by atoms with E-state index in [-0.39, 0.29) is 9.99 Å². The van der Waals surface area contributed by atoms with Crippen LogP contribution in [0.2, 0.25) is 0 Å². The zero-order valence-electron chi connectivity index (χ0n) is 7.99. The summed E-state index contributed by atoms with van der Waals surface area (Å²) in [6, 6.07) is 3.27. The summed E-state index contributed by atoms with van der Waals surface area (Å²) >= 11 is 2.93. The molecule has 17 heavy (non-hydrogen) atoms. The predicted molar refractivity (Wildman–Crippen MR) is 54.9 cm³/mol. The van der Waals surface area contributed by atoms with Gasteiger partial charge in [0.05, 0.1) is 5.52 Å². The minimum Gasteiger partial charge on any atom is -0.476 e. The van der Waals surface area contributed by atoms with Crippen LogP contribution in [0.5, 0.6) is 0 Å². The molecule has 8 heteroatoms. The Hall–Kier alpha value is -1.57. The van der Waals surface area contributed by atoms with E-state index >= 15 is 0 Å². The average Bonchev–Trinajstić information content (AvgIpc) is 2.58. The molecule has 0 aliphatic heterocycles. The van der Waals surface area contributed by atoms with Gasteiger partial charge in [0.1, 0.15) is 5.69 Å². The van der Waals surface area contributed by atoms with E-state index in [1.54, 1.807) is 0 Å². The van der Waals surface area contributed by atoms with E-state index in [4.69, 9.17) is 5.11 Å². The molecule has 0 aliphatic carbocycles. The monoisotopic (exact) mass is 308 g/mol. The fraction of sp³-hybridized carbons (Fsp3) is 0.111. The summed E-state index contributed by atoms with van der Waals surface area (Å²) in [4.78, 5) is 10.6. The molecule has 2 aromatic heterocycles. The maximum Gasteiger partial charge on any atom is 0.433 e. The van der Waals surface area contributed by atoms with Crippen LogP contribution in [0.4, 0.5) is 13.2 Å². The lowest BCUT2D eigenvalue weighted by atomic mass is 10.3. The van der Waals surface area contributed by atoms with Crippen molar-refractivity contribution in [3.8, 4) is 0 Å². The zero-order valence-corrected chi connectivity index (χ0v) is 9.58. The number of nitrogens with zero attached hydrogens (tertiary/aromatic N) is 2. The Morgan fingerprint density at radius 3 is 2.53 bits per heavy atom. The highest BCUT2D eigenvalue weighted by molar-refractivity contribution is 9.10. The van der Waals surface area contributed by atoms with Crippen molar-refractivity contribution in [3.63, 3.8) is 0 Å². The first-order valence-electron chi connectivity index (χ1n) is 4.29.